The van der Waals surface area contributed by atoms with Crippen LogP contribution in [-0.4, -0.2) is 52.9 Å². The fraction of sp³-hybridized carbons (Fsp3) is 0.280. The summed E-state index contributed by atoms with van der Waals surface area (Å²) in [5.41, 5.74) is 7.98. The molecule has 1 unspecified atom stereocenters. The molecular formula is C25H24F2N4O. The van der Waals surface area contributed by atoms with Crippen molar-refractivity contribution >= 4 is 22.3 Å². The van der Waals surface area contributed by atoms with Crippen molar-refractivity contribution in [3.8, 4) is 11.1 Å². The standard InChI is InChI=1S/C25H24F2N4O/c1-16-23(14-30(2)29-16)18-5-3-17(4-6-18)22-13-28-12-20-8-7-19(11-21(20)22)24(32)31-10-9-25(26,27)15-31/h3-8,11-14,16,29H,9-10,15H2,1-2H3. The minimum absolute atomic E-state index is 0.0762. The topological polar surface area (TPSA) is 48.5 Å². The van der Waals surface area contributed by atoms with Crippen LogP contribution in [-0.2, 0) is 0 Å². The van der Waals surface area contributed by atoms with E-state index < -0.39 is 12.5 Å². The molecule has 1 atom stereocenters. The molecule has 164 valence electrons. The Morgan fingerprint density at radius 1 is 1.12 bits per heavy atom. The maximum Gasteiger partial charge on any atom is 0.267 e. The second-order valence-corrected chi connectivity index (χ2v) is 8.58. The second kappa shape index (κ2) is 7.67. The van der Waals surface area contributed by atoms with Crippen molar-refractivity contribution in [1.82, 2.24) is 20.3 Å². The van der Waals surface area contributed by atoms with Crippen molar-refractivity contribution in [3.05, 3.63) is 72.2 Å². The minimum atomic E-state index is -2.81. The maximum absolute atomic E-state index is 13.6. The normalized spacial score (nSPS) is 20.1. The number of pyridine rings is 1. The van der Waals surface area contributed by atoms with E-state index in [0.29, 0.717) is 5.56 Å². The highest BCUT2D eigenvalue weighted by Gasteiger charge is 2.40. The third-order valence-corrected chi connectivity index (χ3v) is 6.19. The van der Waals surface area contributed by atoms with Gasteiger partial charge in [0.25, 0.3) is 11.8 Å². The van der Waals surface area contributed by atoms with Gasteiger partial charge in [-0.15, -0.1) is 0 Å². The number of nitrogens with zero attached hydrogens (tertiary/aromatic N) is 3. The SMILES string of the molecule is CC1NN(C)C=C1c1ccc(-c2cncc3ccc(C(=O)N4CCC(F)(F)C4)cc23)cc1. The van der Waals surface area contributed by atoms with Gasteiger partial charge in [-0.1, -0.05) is 30.3 Å². The van der Waals surface area contributed by atoms with E-state index in [1.807, 2.05) is 30.3 Å². The third-order valence-electron chi connectivity index (χ3n) is 6.19. The Morgan fingerprint density at radius 2 is 1.88 bits per heavy atom. The van der Waals surface area contributed by atoms with Gasteiger partial charge in [-0.3, -0.25) is 9.78 Å². The van der Waals surface area contributed by atoms with Gasteiger partial charge in [0.1, 0.15) is 0 Å². The van der Waals surface area contributed by atoms with Crippen molar-refractivity contribution in [3.63, 3.8) is 0 Å². The Balaban J connectivity index is 1.49. The summed E-state index contributed by atoms with van der Waals surface area (Å²) >= 11 is 0. The highest BCUT2D eigenvalue weighted by Crippen LogP contribution is 2.32. The molecule has 0 spiro atoms. The van der Waals surface area contributed by atoms with Crippen molar-refractivity contribution < 1.29 is 13.6 Å². The summed E-state index contributed by atoms with van der Waals surface area (Å²) in [6.07, 6.45) is 5.33. The second-order valence-electron chi connectivity index (χ2n) is 8.58. The van der Waals surface area contributed by atoms with Gasteiger partial charge in [0.2, 0.25) is 0 Å². The summed E-state index contributed by atoms with van der Waals surface area (Å²) in [6, 6.07) is 13.8. The van der Waals surface area contributed by atoms with Crippen LogP contribution in [0.3, 0.4) is 0 Å². The summed E-state index contributed by atoms with van der Waals surface area (Å²) in [5, 5.41) is 3.73. The van der Waals surface area contributed by atoms with E-state index in [1.165, 1.54) is 10.5 Å². The molecule has 2 aromatic carbocycles. The van der Waals surface area contributed by atoms with Crippen LogP contribution < -0.4 is 5.43 Å². The lowest BCUT2D eigenvalue weighted by Gasteiger charge is -2.17. The molecule has 1 N–H and O–H groups in total. The lowest BCUT2D eigenvalue weighted by molar-refractivity contribution is 0.0120. The smallest absolute Gasteiger partial charge is 0.267 e. The van der Waals surface area contributed by atoms with Crippen molar-refractivity contribution in [1.29, 1.82) is 0 Å². The summed E-state index contributed by atoms with van der Waals surface area (Å²) in [6.45, 7) is 1.67. The average molecular weight is 434 g/mol. The van der Waals surface area contributed by atoms with Gasteiger partial charge in [0, 0.05) is 55.1 Å². The van der Waals surface area contributed by atoms with Gasteiger partial charge in [0.15, 0.2) is 0 Å². The predicted molar refractivity (Wildman–Crippen MR) is 121 cm³/mol. The van der Waals surface area contributed by atoms with Gasteiger partial charge in [-0.05, 0) is 41.1 Å². The number of carbonyl (C=O) groups is 1. The average Bonchev–Trinajstić information content (AvgIpc) is 3.32. The van der Waals surface area contributed by atoms with Crippen LogP contribution in [0.4, 0.5) is 8.78 Å². The van der Waals surface area contributed by atoms with Crippen LogP contribution in [0.1, 0.15) is 29.3 Å². The molecular weight excluding hydrogens is 410 g/mol. The lowest BCUT2D eigenvalue weighted by Crippen LogP contribution is -2.31. The monoisotopic (exact) mass is 434 g/mol. The fourth-order valence-electron chi connectivity index (χ4n) is 4.52. The predicted octanol–water partition coefficient (Wildman–Crippen LogP) is 4.56. The summed E-state index contributed by atoms with van der Waals surface area (Å²) in [7, 11) is 1.97. The maximum atomic E-state index is 13.6. The van der Waals surface area contributed by atoms with Crippen LogP contribution in [0.5, 0.6) is 0 Å². The molecule has 0 saturated carbocycles. The summed E-state index contributed by atoms with van der Waals surface area (Å²) in [5.74, 6) is -3.17. The molecule has 1 aromatic heterocycles. The number of aromatic nitrogens is 1. The van der Waals surface area contributed by atoms with Crippen LogP contribution in [0, 0.1) is 0 Å². The molecule has 1 amide bonds. The van der Waals surface area contributed by atoms with Crippen molar-refractivity contribution in [2.45, 2.75) is 25.3 Å². The number of benzene rings is 2. The molecule has 32 heavy (non-hydrogen) atoms. The van der Waals surface area contributed by atoms with E-state index in [1.54, 1.807) is 24.5 Å². The Hall–Kier alpha value is -3.32. The molecule has 5 rings (SSSR count). The van der Waals surface area contributed by atoms with E-state index in [2.05, 4.69) is 35.7 Å². The Morgan fingerprint density at radius 3 is 2.53 bits per heavy atom. The Labute approximate surface area is 185 Å². The van der Waals surface area contributed by atoms with Gasteiger partial charge < -0.3 is 9.91 Å². The van der Waals surface area contributed by atoms with Crippen LogP contribution >= 0.6 is 0 Å². The Kier molecular flexibility index (Phi) is 4.93. The van der Waals surface area contributed by atoms with Gasteiger partial charge in [0.05, 0.1) is 12.6 Å². The zero-order valence-electron chi connectivity index (χ0n) is 18.0. The van der Waals surface area contributed by atoms with E-state index in [9.17, 15) is 13.6 Å². The first-order valence-corrected chi connectivity index (χ1v) is 10.7. The highest BCUT2D eigenvalue weighted by atomic mass is 19.3. The number of carbonyl (C=O) groups excluding carboxylic acids is 1. The largest absolute Gasteiger partial charge is 0.332 e. The fourth-order valence-corrected chi connectivity index (χ4v) is 4.52. The molecule has 2 aliphatic heterocycles. The molecule has 3 heterocycles. The summed E-state index contributed by atoms with van der Waals surface area (Å²) in [4.78, 5) is 18.4. The number of amides is 1. The first kappa shape index (κ1) is 20.6. The van der Waals surface area contributed by atoms with Gasteiger partial charge in [-0.25, -0.2) is 14.2 Å². The number of hydrazine groups is 1. The van der Waals surface area contributed by atoms with E-state index in [0.717, 1.165) is 27.5 Å². The van der Waals surface area contributed by atoms with E-state index in [-0.39, 0.29) is 24.9 Å². The molecule has 5 nitrogen and oxygen atoms in total. The molecule has 7 heteroatoms. The van der Waals surface area contributed by atoms with Crippen LogP contribution in [0.15, 0.2) is 61.1 Å². The van der Waals surface area contributed by atoms with Crippen LogP contribution in [0.25, 0.3) is 27.5 Å². The lowest BCUT2D eigenvalue weighted by atomic mass is 9.95. The first-order chi connectivity index (χ1) is 15.3. The first-order valence-electron chi connectivity index (χ1n) is 10.7. The minimum Gasteiger partial charge on any atom is -0.332 e. The molecule has 1 saturated heterocycles. The van der Waals surface area contributed by atoms with Crippen molar-refractivity contribution in [2.75, 3.05) is 20.1 Å². The third kappa shape index (κ3) is 3.73. The summed E-state index contributed by atoms with van der Waals surface area (Å²) < 4.78 is 27.2. The zero-order chi connectivity index (χ0) is 22.5. The number of alkyl halides is 2. The van der Waals surface area contributed by atoms with Gasteiger partial charge >= 0.3 is 0 Å². The Bertz CT molecular complexity index is 1220. The molecule has 0 radical (unpaired) electrons. The number of likely N-dealkylation sites (tertiary alicyclic amines) is 1. The molecule has 0 aliphatic carbocycles. The number of fused-ring (bicyclic) bond motifs is 1. The van der Waals surface area contributed by atoms with Crippen LogP contribution in [0.2, 0.25) is 0 Å². The molecule has 0 bridgehead atoms. The number of nitrogens with one attached hydrogen (secondary N) is 1. The van der Waals surface area contributed by atoms with Gasteiger partial charge in [-0.2, -0.15) is 0 Å². The molecule has 2 aliphatic rings. The highest BCUT2D eigenvalue weighted by molar-refractivity contribution is 6.03. The quantitative estimate of drug-likeness (QED) is 0.657. The van der Waals surface area contributed by atoms with Crippen molar-refractivity contribution in [2.24, 2.45) is 0 Å². The number of hydrogen-bond acceptors (Lipinski definition) is 4. The number of halogens is 2. The molecule has 3 aromatic rings. The molecule has 1 fully saturated rings. The van der Waals surface area contributed by atoms with E-state index >= 15 is 0 Å². The van der Waals surface area contributed by atoms with E-state index in [4.69, 9.17) is 0 Å². The zero-order valence-corrected chi connectivity index (χ0v) is 18.0. The number of rotatable bonds is 3. The number of hydrogen-bond donors (Lipinski definition) is 1.